The molecule has 0 bridgehead atoms. The molecule has 0 heterocycles. The van der Waals surface area contributed by atoms with E-state index in [0.717, 1.165) is 25.7 Å². The Hall–Kier alpha value is -0.570. The molecular weight excluding hydrogens is 236 g/mol. The highest BCUT2D eigenvalue weighted by atomic mass is 16.2. The monoisotopic (exact) mass is 266 g/mol. The summed E-state index contributed by atoms with van der Waals surface area (Å²) >= 11 is 0. The van der Waals surface area contributed by atoms with E-state index in [2.05, 4.69) is 12.2 Å². The topological polar surface area (TPSA) is 55.1 Å². The van der Waals surface area contributed by atoms with Crippen LogP contribution in [-0.2, 0) is 4.79 Å². The third-order valence-corrected chi connectivity index (χ3v) is 4.95. The molecule has 0 aromatic carbocycles. The van der Waals surface area contributed by atoms with E-state index in [1.54, 1.807) is 0 Å². The first-order valence-electron chi connectivity index (χ1n) is 8.22. The lowest BCUT2D eigenvalue weighted by molar-refractivity contribution is -0.127. The maximum absolute atomic E-state index is 12.4. The fourth-order valence-electron chi connectivity index (χ4n) is 3.61. The van der Waals surface area contributed by atoms with Gasteiger partial charge in [-0.3, -0.25) is 4.79 Å². The lowest BCUT2D eigenvalue weighted by Gasteiger charge is -2.33. The predicted octanol–water partition coefficient (Wildman–Crippen LogP) is 2.98. The molecule has 1 amide bonds. The summed E-state index contributed by atoms with van der Waals surface area (Å²) in [5.74, 6) is 0.923. The molecule has 0 spiro atoms. The summed E-state index contributed by atoms with van der Waals surface area (Å²) in [5.41, 5.74) is 6.14. The zero-order valence-corrected chi connectivity index (χ0v) is 12.4. The first-order valence-corrected chi connectivity index (χ1v) is 8.22. The van der Waals surface area contributed by atoms with Crippen molar-refractivity contribution in [3.8, 4) is 0 Å². The van der Waals surface area contributed by atoms with Crippen LogP contribution >= 0.6 is 0 Å². The molecule has 19 heavy (non-hydrogen) atoms. The first kappa shape index (κ1) is 14.8. The van der Waals surface area contributed by atoms with Gasteiger partial charge in [-0.1, -0.05) is 39.0 Å². The predicted molar refractivity (Wildman–Crippen MR) is 78.7 cm³/mol. The van der Waals surface area contributed by atoms with E-state index in [1.165, 1.54) is 38.5 Å². The van der Waals surface area contributed by atoms with Crippen molar-refractivity contribution in [1.29, 1.82) is 0 Å². The van der Waals surface area contributed by atoms with Gasteiger partial charge < -0.3 is 11.1 Å². The van der Waals surface area contributed by atoms with Crippen molar-refractivity contribution in [3.05, 3.63) is 0 Å². The molecule has 2 saturated carbocycles. The van der Waals surface area contributed by atoms with Crippen LogP contribution in [0.3, 0.4) is 0 Å². The van der Waals surface area contributed by atoms with Crippen molar-refractivity contribution in [2.75, 3.05) is 0 Å². The lowest BCUT2D eigenvalue weighted by Crippen LogP contribution is -2.48. The van der Waals surface area contributed by atoms with Gasteiger partial charge >= 0.3 is 0 Å². The maximum Gasteiger partial charge on any atom is 0.224 e. The number of carbonyl (C=O) groups excluding carboxylic acids is 1. The molecule has 3 atom stereocenters. The van der Waals surface area contributed by atoms with Crippen molar-refractivity contribution in [1.82, 2.24) is 5.32 Å². The van der Waals surface area contributed by atoms with Gasteiger partial charge in [0.25, 0.3) is 0 Å². The van der Waals surface area contributed by atoms with E-state index in [0.29, 0.717) is 12.0 Å². The Morgan fingerprint density at radius 1 is 1.00 bits per heavy atom. The number of hydrogen-bond donors (Lipinski definition) is 2. The van der Waals surface area contributed by atoms with E-state index in [4.69, 9.17) is 5.73 Å². The molecule has 2 fully saturated rings. The number of hydrogen-bond acceptors (Lipinski definition) is 2. The van der Waals surface area contributed by atoms with Gasteiger partial charge in [-0.2, -0.15) is 0 Å². The van der Waals surface area contributed by atoms with Crippen LogP contribution in [0.2, 0.25) is 0 Å². The molecule has 3 unspecified atom stereocenters. The second-order valence-corrected chi connectivity index (χ2v) is 6.74. The number of nitrogens with two attached hydrogens (primary N) is 1. The summed E-state index contributed by atoms with van der Waals surface area (Å²) in [7, 11) is 0. The van der Waals surface area contributed by atoms with Gasteiger partial charge in [0.05, 0.1) is 5.92 Å². The van der Waals surface area contributed by atoms with Crippen molar-refractivity contribution in [3.63, 3.8) is 0 Å². The van der Waals surface area contributed by atoms with Gasteiger partial charge in [-0.05, 0) is 38.0 Å². The van der Waals surface area contributed by atoms with E-state index in [9.17, 15) is 4.79 Å². The van der Waals surface area contributed by atoms with Crippen molar-refractivity contribution >= 4 is 5.91 Å². The largest absolute Gasteiger partial charge is 0.353 e. The van der Waals surface area contributed by atoms with Gasteiger partial charge in [0.2, 0.25) is 5.91 Å². The van der Waals surface area contributed by atoms with Crippen LogP contribution in [-0.4, -0.2) is 18.0 Å². The van der Waals surface area contributed by atoms with Crippen LogP contribution in [0.4, 0.5) is 0 Å². The molecule has 0 aliphatic heterocycles. The zero-order valence-electron chi connectivity index (χ0n) is 12.4. The number of rotatable bonds is 2. The van der Waals surface area contributed by atoms with E-state index >= 15 is 0 Å². The lowest BCUT2D eigenvalue weighted by atomic mass is 9.78. The summed E-state index contributed by atoms with van der Waals surface area (Å²) in [6.45, 7) is 2.24. The van der Waals surface area contributed by atoms with Crippen molar-refractivity contribution < 1.29 is 4.79 Å². The fraction of sp³-hybridized carbons (Fsp3) is 0.938. The minimum absolute atomic E-state index is 0.0502. The number of nitrogens with one attached hydrogen (secondary N) is 1. The summed E-state index contributed by atoms with van der Waals surface area (Å²) in [5, 5.41) is 3.29. The van der Waals surface area contributed by atoms with E-state index in [1.807, 2.05) is 0 Å². The highest BCUT2D eigenvalue weighted by Gasteiger charge is 2.32. The summed E-state index contributed by atoms with van der Waals surface area (Å²) in [4.78, 5) is 12.4. The maximum atomic E-state index is 12.4. The minimum atomic E-state index is 0.0502. The Labute approximate surface area is 117 Å². The van der Waals surface area contributed by atoms with Gasteiger partial charge in [-0.15, -0.1) is 0 Å². The SMILES string of the molecule is CC1CCC(N)C(C(=O)NC2CCCCCCC2)C1. The molecule has 3 heteroatoms. The van der Waals surface area contributed by atoms with Crippen LogP contribution in [0.15, 0.2) is 0 Å². The first-order chi connectivity index (χ1) is 9.16. The van der Waals surface area contributed by atoms with Crippen LogP contribution in [0.25, 0.3) is 0 Å². The molecule has 2 aliphatic rings. The van der Waals surface area contributed by atoms with Crippen LogP contribution < -0.4 is 11.1 Å². The van der Waals surface area contributed by atoms with Gasteiger partial charge in [-0.25, -0.2) is 0 Å². The Morgan fingerprint density at radius 2 is 1.63 bits per heavy atom. The third kappa shape index (κ3) is 4.48. The molecule has 2 rings (SSSR count). The normalized spacial score (nSPS) is 34.3. The quantitative estimate of drug-likeness (QED) is 0.807. The van der Waals surface area contributed by atoms with Crippen LogP contribution in [0.1, 0.15) is 71.1 Å². The molecule has 0 saturated heterocycles. The highest BCUT2D eigenvalue weighted by Crippen LogP contribution is 2.28. The number of amides is 1. The average molecular weight is 266 g/mol. The van der Waals surface area contributed by atoms with Crippen LogP contribution in [0, 0.1) is 11.8 Å². The Bertz CT molecular complexity index is 284. The minimum Gasteiger partial charge on any atom is -0.353 e. The molecule has 3 nitrogen and oxygen atoms in total. The standard InChI is InChI=1S/C16H30N2O/c1-12-9-10-15(17)14(11-12)16(19)18-13-7-5-3-2-4-6-8-13/h12-15H,2-11,17H2,1H3,(H,18,19). The van der Waals surface area contributed by atoms with Gasteiger partial charge in [0.1, 0.15) is 0 Å². The summed E-state index contributed by atoms with van der Waals surface area (Å²) in [6.07, 6.45) is 12.0. The molecule has 0 aromatic heterocycles. The van der Waals surface area contributed by atoms with Crippen molar-refractivity contribution in [2.24, 2.45) is 17.6 Å². The molecule has 0 radical (unpaired) electrons. The molecule has 2 aliphatic carbocycles. The molecular formula is C16H30N2O. The highest BCUT2D eigenvalue weighted by molar-refractivity contribution is 5.79. The summed E-state index contributed by atoms with van der Waals surface area (Å²) in [6, 6.07) is 0.474. The second kappa shape index (κ2) is 7.28. The van der Waals surface area contributed by atoms with Gasteiger partial charge in [0, 0.05) is 12.1 Å². The van der Waals surface area contributed by atoms with Crippen molar-refractivity contribution in [2.45, 2.75) is 83.2 Å². The Kier molecular flexibility index (Phi) is 5.68. The zero-order chi connectivity index (χ0) is 13.7. The average Bonchev–Trinajstić information content (AvgIpc) is 2.35. The molecule has 0 aromatic rings. The number of carbonyl (C=O) groups is 1. The third-order valence-electron chi connectivity index (χ3n) is 4.95. The smallest absolute Gasteiger partial charge is 0.224 e. The molecule has 3 N–H and O–H groups in total. The van der Waals surface area contributed by atoms with E-state index < -0.39 is 0 Å². The van der Waals surface area contributed by atoms with Gasteiger partial charge in [0.15, 0.2) is 0 Å². The second-order valence-electron chi connectivity index (χ2n) is 6.74. The fourth-order valence-corrected chi connectivity index (χ4v) is 3.61. The Morgan fingerprint density at radius 3 is 2.32 bits per heavy atom. The van der Waals surface area contributed by atoms with Crippen LogP contribution in [0.5, 0.6) is 0 Å². The van der Waals surface area contributed by atoms with E-state index in [-0.39, 0.29) is 17.9 Å². The molecule has 110 valence electrons. The summed E-state index contributed by atoms with van der Waals surface area (Å²) < 4.78 is 0. The Balaban J connectivity index is 1.84.